The van der Waals surface area contributed by atoms with E-state index >= 15 is 4.39 Å². The van der Waals surface area contributed by atoms with Crippen LogP contribution in [-0.2, 0) is 16.5 Å². The van der Waals surface area contributed by atoms with Crippen LogP contribution in [0, 0.1) is 34.4 Å². The molecule has 0 radical (unpaired) electrons. The number of alkyl halides is 1. The Kier molecular flexibility index (Phi) is 6.44. The maximum atomic E-state index is 15.7. The monoisotopic (exact) mass is 367 g/mol. The maximum absolute atomic E-state index is 15.7. The smallest absolute Gasteiger partial charge is 0.136 e. The molecule has 1 rings (SSSR count). The van der Waals surface area contributed by atoms with Crippen molar-refractivity contribution in [3.05, 3.63) is 35.6 Å². The van der Waals surface area contributed by atoms with Crippen LogP contribution < -0.4 is 4.72 Å². The number of benzene rings is 1. The number of halogens is 2. The Hall–Kier alpha value is -1.83. The molecule has 0 aromatic heterocycles. The summed E-state index contributed by atoms with van der Waals surface area (Å²) in [6.07, 6.45) is -0.445. The first-order valence-electron chi connectivity index (χ1n) is 7.82. The van der Waals surface area contributed by atoms with Crippen molar-refractivity contribution in [3.8, 4) is 12.1 Å². The minimum Gasteiger partial charge on any atom is -0.242 e. The van der Waals surface area contributed by atoms with Crippen molar-refractivity contribution in [3.63, 3.8) is 0 Å². The molecule has 136 valence electrons. The van der Waals surface area contributed by atoms with Crippen LogP contribution in [0.5, 0.6) is 0 Å². The molecule has 0 heterocycles. The van der Waals surface area contributed by atoms with Crippen molar-refractivity contribution in [2.75, 3.05) is 0 Å². The van der Waals surface area contributed by atoms with Gasteiger partial charge < -0.3 is 0 Å². The average Bonchev–Trinajstić information content (AvgIpc) is 2.51. The second-order valence-electron chi connectivity index (χ2n) is 7.30. The molecule has 0 unspecified atom stereocenters. The van der Waals surface area contributed by atoms with Gasteiger partial charge in [0.15, 0.2) is 0 Å². The molecule has 25 heavy (non-hydrogen) atoms. The Morgan fingerprint density at radius 2 is 1.68 bits per heavy atom. The Bertz CT molecular complexity index is 717. The molecule has 0 aliphatic heterocycles. The summed E-state index contributed by atoms with van der Waals surface area (Å²) < 4.78 is 44.8. The summed E-state index contributed by atoms with van der Waals surface area (Å²) in [5.41, 5.74) is -3.93. The zero-order chi connectivity index (χ0) is 19.5. The van der Waals surface area contributed by atoms with Gasteiger partial charge in [-0.05, 0) is 40.7 Å². The van der Waals surface area contributed by atoms with Gasteiger partial charge in [0, 0.05) is 12.0 Å². The molecule has 4 nitrogen and oxygen atoms in total. The van der Waals surface area contributed by atoms with Crippen molar-refractivity contribution >= 4 is 11.0 Å². The molecule has 1 N–H and O–H groups in total. The van der Waals surface area contributed by atoms with Gasteiger partial charge in [0.2, 0.25) is 0 Å². The number of nitrogens with one attached hydrogen (secondary N) is 1. The molecule has 0 amide bonds. The van der Waals surface area contributed by atoms with Gasteiger partial charge in [-0.1, -0.05) is 18.2 Å². The van der Waals surface area contributed by atoms with E-state index in [0.717, 1.165) is 0 Å². The molecular formula is C18H23F2N3OS. The van der Waals surface area contributed by atoms with Gasteiger partial charge >= 0.3 is 0 Å². The third kappa shape index (κ3) is 4.62. The van der Waals surface area contributed by atoms with Crippen LogP contribution in [0.4, 0.5) is 8.78 Å². The summed E-state index contributed by atoms with van der Waals surface area (Å²) in [5, 5.41) is 18.0. The highest BCUT2D eigenvalue weighted by Crippen LogP contribution is 2.42. The molecule has 0 spiro atoms. The largest absolute Gasteiger partial charge is 0.242 e. The van der Waals surface area contributed by atoms with Crippen LogP contribution in [0.3, 0.4) is 0 Å². The maximum Gasteiger partial charge on any atom is 0.136 e. The fourth-order valence-electron chi connectivity index (χ4n) is 2.35. The molecule has 1 aromatic carbocycles. The van der Waals surface area contributed by atoms with Gasteiger partial charge in [-0.15, -0.1) is 0 Å². The van der Waals surface area contributed by atoms with Gasteiger partial charge in [-0.25, -0.2) is 17.7 Å². The van der Waals surface area contributed by atoms with Gasteiger partial charge in [0.25, 0.3) is 0 Å². The molecule has 7 heteroatoms. The van der Waals surface area contributed by atoms with Crippen molar-refractivity contribution < 1.29 is 13.0 Å². The lowest BCUT2D eigenvalue weighted by molar-refractivity contribution is 0.0549. The Balaban J connectivity index is 3.48. The Morgan fingerprint density at radius 3 is 2.12 bits per heavy atom. The highest BCUT2D eigenvalue weighted by atomic mass is 32.2. The van der Waals surface area contributed by atoms with Gasteiger partial charge in [0.05, 0.1) is 33.4 Å². The zero-order valence-electron chi connectivity index (χ0n) is 15.1. The summed E-state index contributed by atoms with van der Waals surface area (Å²) in [6.45, 7) is 7.72. The molecule has 0 saturated carbocycles. The Morgan fingerprint density at radius 1 is 1.16 bits per heavy atom. The van der Waals surface area contributed by atoms with Gasteiger partial charge in [-0.3, -0.25) is 0 Å². The number of hydrogen-bond acceptors (Lipinski definition) is 3. The summed E-state index contributed by atoms with van der Waals surface area (Å²) >= 11 is 0. The van der Waals surface area contributed by atoms with E-state index in [-0.39, 0.29) is 5.56 Å². The van der Waals surface area contributed by atoms with Crippen LogP contribution >= 0.6 is 0 Å². The van der Waals surface area contributed by atoms with Crippen LogP contribution in [0.2, 0.25) is 0 Å². The third-order valence-electron chi connectivity index (χ3n) is 4.21. The summed E-state index contributed by atoms with van der Waals surface area (Å²) in [6, 6.07) is 9.10. The second-order valence-corrected chi connectivity index (χ2v) is 9.27. The van der Waals surface area contributed by atoms with E-state index in [1.165, 1.54) is 32.0 Å². The quantitative estimate of drug-likeness (QED) is 0.829. The lowest BCUT2D eigenvalue weighted by atomic mass is 9.74. The predicted octanol–water partition coefficient (Wildman–Crippen LogP) is 3.87. The first kappa shape index (κ1) is 21.2. The van der Waals surface area contributed by atoms with E-state index in [1.54, 1.807) is 39.0 Å². The topological polar surface area (TPSA) is 76.7 Å². The van der Waals surface area contributed by atoms with Gasteiger partial charge in [0.1, 0.15) is 17.4 Å². The zero-order valence-corrected chi connectivity index (χ0v) is 15.9. The normalized spacial score (nSPS) is 17.8. The molecule has 1 aromatic rings. The minimum absolute atomic E-state index is 0.00719. The van der Waals surface area contributed by atoms with E-state index < -0.39 is 45.1 Å². The highest BCUT2D eigenvalue weighted by Gasteiger charge is 2.51. The number of hydrogen-bond donors (Lipinski definition) is 1. The SMILES string of the molecule is CC(C)(C)[S@](=O)N[C@](C)(c1ccccc1F)[C@@](C)(F)CC(C#N)C#N. The van der Waals surface area contributed by atoms with E-state index in [1.807, 2.05) is 0 Å². The lowest BCUT2D eigenvalue weighted by Gasteiger charge is -2.43. The molecular weight excluding hydrogens is 344 g/mol. The molecule has 0 aliphatic carbocycles. The number of nitrogens with zero attached hydrogens (tertiary/aromatic N) is 2. The predicted molar refractivity (Wildman–Crippen MR) is 93.6 cm³/mol. The van der Waals surface area contributed by atoms with Crippen molar-refractivity contribution in [1.82, 2.24) is 4.72 Å². The van der Waals surface area contributed by atoms with E-state index in [2.05, 4.69) is 4.72 Å². The third-order valence-corrected chi connectivity index (χ3v) is 5.91. The Labute approximate surface area is 150 Å². The van der Waals surface area contributed by atoms with E-state index in [9.17, 15) is 8.60 Å². The fraction of sp³-hybridized carbons (Fsp3) is 0.556. The number of rotatable bonds is 6. The first-order valence-corrected chi connectivity index (χ1v) is 8.97. The van der Waals surface area contributed by atoms with Crippen molar-refractivity contribution in [2.45, 2.75) is 57.0 Å². The fourth-order valence-corrected chi connectivity index (χ4v) is 3.35. The second kappa shape index (κ2) is 7.59. The molecule has 0 aliphatic rings. The van der Waals surface area contributed by atoms with Crippen LogP contribution in [0.15, 0.2) is 24.3 Å². The lowest BCUT2D eigenvalue weighted by Crippen LogP contribution is -2.58. The summed E-state index contributed by atoms with van der Waals surface area (Å²) in [7, 11) is -1.70. The van der Waals surface area contributed by atoms with Crippen LogP contribution in [0.1, 0.15) is 46.6 Å². The standard InChI is InChI=1S/C18H23F2N3OS/c1-16(2,3)25(24)23-18(5,14-8-6-7-9-15(14)19)17(4,20)10-13(11-21)12-22/h6-9,13,23H,10H2,1-5H3/t17-,18+,25-/m0/s1. The van der Waals surface area contributed by atoms with Crippen molar-refractivity contribution in [2.24, 2.45) is 5.92 Å². The van der Waals surface area contributed by atoms with E-state index in [0.29, 0.717) is 0 Å². The van der Waals surface area contributed by atoms with Crippen molar-refractivity contribution in [1.29, 1.82) is 10.5 Å². The number of nitriles is 2. The first-order chi connectivity index (χ1) is 11.4. The summed E-state index contributed by atoms with van der Waals surface area (Å²) in [5.74, 6) is -1.86. The summed E-state index contributed by atoms with van der Waals surface area (Å²) in [4.78, 5) is 0. The molecule has 0 saturated heterocycles. The average molecular weight is 367 g/mol. The highest BCUT2D eigenvalue weighted by molar-refractivity contribution is 7.84. The molecule has 3 atom stereocenters. The molecule has 0 bridgehead atoms. The van der Waals surface area contributed by atoms with Gasteiger partial charge in [-0.2, -0.15) is 10.5 Å². The van der Waals surface area contributed by atoms with Crippen LogP contribution in [-0.4, -0.2) is 14.6 Å². The van der Waals surface area contributed by atoms with Crippen LogP contribution in [0.25, 0.3) is 0 Å². The molecule has 0 fully saturated rings. The van der Waals surface area contributed by atoms with E-state index in [4.69, 9.17) is 10.5 Å². The minimum atomic E-state index is -2.22.